The number of hydrogen-bond donors (Lipinski definition) is 2. The zero-order valence-electron chi connectivity index (χ0n) is 16.3. The summed E-state index contributed by atoms with van der Waals surface area (Å²) in [7, 11) is 3.86. The molecule has 2 aromatic rings. The summed E-state index contributed by atoms with van der Waals surface area (Å²) in [6.45, 7) is 1.19. The van der Waals surface area contributed by atoms with Crippen LogP contribution in [-0.4, -0.2) is 66.0 Å². The average Bonchev–Trinajstić information content (AvgIpc) is 2.65. The number of carbonyl (C=O) groups excluding carboxylic acids is 1. The van der Waals surface area contributed by atoms with Crippen LogP contribution in [0.2, 0.25) is 0 Å². The Kier molecular flexibility index (Phi) is 6.52. The third kappa shape index (κ3) is 4.58. The minimum atomic E-state index is -0.467. The lowest BCUT2D eigenvalue weighted by Gasteiger charge is -2.42. The molecular weight excluding hydrogens is 397 g/mol. The summed E-state index contributed by atoms with van der Waals surface area (Å²) in [4.78, 5) is 30.2. The number of pyridine rings is 1. The van der Waals surface area contributed by atoms with Crippen molar-refractivity contribution in [2.24, 2.45) is 0 Å². The second kappa shape index (κ2) is 8.91. The number of aromatic nitrogens is 1. The minimum absolute atomic E-state index is 0.0168. The third-order valence-electron chi connectivity index (χ3n) is 5.26. The quantitative estimate of drug-likeness (QED) is 0.522. The molecule has 0 aliphatic carbocycles. The van der Waals surface area contributed by atoms with Crippen LogP contribution < -0.4 is 10.9 Å². The Hall–Kier alpha value is -2.47. The number of nitrogens with zero attached hydrogens (tertiary/aromatic N) is 3. The summed E-state index contributed by atoms with van der Waals surface area (Å²) < 4.78 is 13.8. The first kappa shape index (κ1) is 21.2. The van der Waals surface area contributed by atoms with Gasteiger partial charge in [0.25, 0.3) is 5.56 Å². The molecule has 1 fully saturated rings. The Morgan fingerprint density at radius 2 is 2.21 bits per heavy atom. The average molecular weight is 420 g/mol. The van der Waals surface area contributed by atoms with Crippen LogP contribution in [0.3, 0.4) is 0 Å². The molecule has 7 nitrogen and oxygen atoms in total. The number of hydrogen-bond acceptors (Lipinski definition) is 5. The number of aromatic amines is 1. The lowest BCUT2D eigenvalue weighted by atomic mass is 9.98. The molecule has 1 unspecified atom stereocenters. The van der Waals surface area contributed by atoms with E-state index < -0.39 is 11.4 Å². The van der Waals surface area contributed by atoms with E-state index in [4.69, 9.17) is 11.6 Å². The van der Waals surface area contributed by atoms with E-state index in [-0.39, 0.29) is 29.6 Å². The zero-order valence-corrected chi connectivity index (χ0v) is 17.1. The fourth-order valence-corrected chi connectivity index (χ4v) is 3.79. The first-order valence-electron chi connectivity index (χ1n) is 9.34. The van der Waals surface area contributed by atoms with Crippen LogP contribution in [0.15, 0.2) is 23.0 Å². The van der Waals surface area contributed by atoms with Crippen LogP contribution in [0.25, 0.3) is 10.9 Å². The third-order valence-corrected chi connectivity index (χ3v) is 5.49. The number of alkyl halides is 1. The van der Waals surface area contributed by atoms with Gasteiger partial charge < -0.3 is 9.88 Å². The molecule has 0 saturated carbocycles. The first-order valence-corrected chi connectivity index (χ1v) is 9.88. The van der Waals surface area contributed by atoms with Gasteiger partial charge in [0, 0.05) is 30.0 Å². The number of fused-ring (bicyclic) bond motifs is 1. The van der Waals surface area contributed by atoms with Gasteiger partial charge in [-0.2, -0.15) is 5.26 Å². The predicted molar refractivity (Wildman–Crippen MR) is 109 cm³/mol. The number of benzene rings is 1. The number of H-pyrrole nitrogens is 1. The highest BCUT2D eigenvalue weighted by Crippen LogP contribution is 2.22. The van der Waals surface area contributed by atoms with E-state index in [0.717, 1.165) is 0 Å². The number of nitriles is 1. The lowest BCUT2D eigenvalue weighted by Crippen LogP contribution is -2.63. The van der Waals surface area contributed by atoms with Crippen LogP contribution in [0.5, 0.6) is 0 Å². The summed E-state index contributed by atoms with van der Waals surface area (Å²) in [6, 6.07) is 6.25. The van der Waals surface area contributed by atoms with Gasteiger partial charge in [0.1, 0.15) is 23.3 Å². The molecule has 2 heterocycles. The monoisotopic (exact) mass is 419 g/mol. The Morgan fingerprint density at radius 1 is 1.48 bits per heavy atom. The van der Waals surface area contributed by atoms with E-state index in [1.54, 1.807) is 4.90 Å². The molecule has 0 radical (unpaired) electrons. The Morgan fingerprint density at radius 3 is 2.83 bits per heavy atom. The maximum absolute atomic E-state index is 13.8. The smallest absolute Gasteiger partial charge is 0.266 e. The van der Waals surface area contributed by atoms with Crippen LogP contribution in [0.1, 0.15) is 17.5 Å². The van der Waals surface area contributed by atoms with Gasteiger partial charge in [0.15, 0.2) is 0 Å². The van der Waals surface area contributed by atoms with E-state index in [0.29, 0.717) is 42.4 Å². The topological polar surface area (TPSA) is 92.2 Å². The molecule has 0 spiro atoms. The van der Waals surface area contributed by atoms with Gasteiger partial charge >= 0.3 is 0 Å². The van der Waals surface area contributed by atoms with Crippen molar-refractivity contribution in [3.05, 3.63) is 45.5 Å². The van der Waals surface area contributed by atoms with E-state index in [9.17, 15) is 19.2 Å². The van der Waals surface area contributed by atoms with Gasteiger partial charge in [-0.3, -0.25) is 19.8 Å². The van der Waals surface area contributed by atoms with Gasteiger partial charge in [0.2, 0.25) is 5.91 Å². The van der Waals surface area contributed by atoms with Gasteiger partial charge in [-0.05, 0) is 50.7 Å². The Balaban J connectivity index is 1.77. The van der Waals surface area contributed by atoms with Crippen molar-refractivity contribution < 1.29 is 9.18 Å². The number of carbonyl (C=O) groups is 1. The molecule has 154 valence electrons. The number of nitrogens with one attached hydrogen (secondary N) is 2. The van der Waals surface area contributed by atoms with Crippen LogP contribution in [0.4, 0.5) is 4.39 Å². The second-order valence-corrected chi connectivity index (χ2v) is 7.69. The molecule has 1 aliphatic heterocycles. The standard InChI is InChI=1S/C20H23ClFN5O2/c1-26(2)18(24-13-10-27(11-13)19(28)8-21)6-4-14-15-7-12(22)3-5-17(15)25-20(29)16(14)9-23/h3,5,7,13,18,24H,4,6,8,10-11H2,1-2H3,(H,25,29). The number of aryl methyl sites for hydroxylation is 1. The molecule has 2 N–H and O–H groups in total. The molecule has 9 heteroatoms. The molecular formula is C20H23ClFN5O2. The highest BCUT2D eigenvalue weighted by molar-refractivity contribution is 6.27. The van der Waals surface area contributed by atoms with Crippen molar-refractivity contribution in [1.29, 1.82) is 5.26 Å². The normalized spacial score (nSPS) is 15.4. The van der Waals surface area contributed by atoms with Crippen molar-refractivity contribution in [3.8, 4) is 6.07 Å². The summed E-state index contributed by atoms with van der Waals surface area (Å²) in [5.74, 6) is -0.523. The van der Waals surface area contributed by atoms with Gasteiger partial charge in [0.05, 0.1) is 6.17 Å². The molecule has 1 aliphatic rings. The fourth-order valence-electron chi connectivity index (χ4n) is 3.63. The largest absolute Gasteiger partial charge is 0.338 e. The van der Waals surface area contributed by atoms with Crippen LogP contribution in [-0.2, 0) is 11.2 Å². The number of amides is 1. The fraction of sp³-hybridized carbons (Fsp3) is 0.450. The molecule has 1 amide bonds. The molecule has 1 aromatic carbocycles. The van der Waals surface area contributed by atoms with Gasteiger partial charge in [-0.25, -0.2) is 4.39 Å². The van der Waals surface area contributed by atoms with E-state index in [1.165, 1.54) is 18.2 Å². The zero-order chi connectivity index (χ0) is 21.1. The second-order valence-electron chi connectivity index (χ2n) is 7.42. The molecule has 0 bridgehead atoms. The summed E-state index contributed by atoms with van der Waals surface area (Å²) in [5, 5.41) is 13.5. The Labute approximate surface area is 173 Å². The van der Waals surface area contributed by atoms with Crippen molar-refractivity contribution in [2.45, 2.75) is 25.0 Å². The first-order chi connectivity index (χ1) is 13.8. The molecule has 1 aromatic heterocycles. The number of halogens is 2. The number of rotatable bonds is 7. The van der Waals surface area contributed by atoms with Crippen molar-refractivity contribution in [1.82, 2.24) is 20.1 Å². The maximum Gasteiger partial charge on any atom is 0.266 e. The molecule has 1 saturated heterocycles. The van der Waals surface area contributed by atoms with E-state index in [1.807, 2.05) is 25.1 Å². The summed E-state index contributed by atoms with van der Waals surface area (Å²) >= 11 is 5.58. The summed E-state index contributed by atoms with van der Waals surface area (Å²) in [5.41, 5.74) is 0.606. The van der Waals surface area contributed by atoms with Crippen molar-refractivity contribution >= 4 is 28.4 Å². The van der Waals surface area contributed by atoms with Crippen LogP contribution >= 0.6 is 11.6 Å². The minimum Gasteiger partial charge on any atom is -0.338 e. The van der Waals surface area contributed by atoms with Crippen LogP contribution in [0, 0.1) is 17.1 Å². The SMILES string of the molecule is CN(C)C(CCc1c(C#N)c(=O)[nH]c2ccc(F)cc12)NC1CN(C(=O)CCl)C1. The lowest BCUT2D eigenvalue weighted by molar-refractivity contribution is -0.133. The molecule has 29 heavy (non-hydrogen) atoms. The van der Waals surface area contributed by atoms with E-state index in [2.05, 4.69) is 10.3 Å². The van der Waals surface area contributed by atoms with Crippen molar-refractivity contribution in [3.63, 3.8) is 0 Å². The summed E-state index contributed by atoms with van der Waals surface area (Å²) in [6.07, 6.45) is 0.999. The van der Waals surface area contributed by atoms with Crippen molar-refractivity contribution in [2.75, 3.05) is 33.1 Å². The molecule has 3 rings (SSSR count). The van der Waals surface area contributed by atoms with E-state index >= 15 is 0 Å². The predicted octanol–water partition coefficient (Wildman–Crippen LogP) is 1.40. The number of likely N-dealkylation sites (tertiary alicyclic amines) is 1. The van der Waals surface area contributed by atoms with Gasteiger partial charge in [-0.1, -0.05) is 0 Å². The highest BCUT2D eigenvalue weighted by Gasteiger charge is 2.31. The molecule has 1 atom stereocenters. The van der Waals surface area contributed by atoms with Gasteiger partial charge in [-0.15, -0.1) is 11.6 Å². The highest BCUT2D eigenvalue weighted by atomic mass is 35.5. The maximum atomic E-state index is 13.8. The Bertz CT molecular complexity index is 1010.